The molecule has 1 fully saturated rings. The van der Waals surface area contributed by atoms with Gasteiger partial charge in [-0.3, -0.25) is 14.5 Å². The summed E-state index contributed by atoms with van der Waals surface area (Å²) in [6.07, 6.45) is 1.62. The topological polar surface area (TPSA) is 101 Å². The lowest BCUT2D eigenvalue weighted by Crippen LogP contribution is -2.46. The van der Waals surface area contributed by atoms with Crippen molar-refractivity contribution in [1.29, 1.82) is 0 Å². The van der Waals surface area contributed by atoms with Crippen LogP contribution in [0.25, 0.3) is 0 Å². The summed E-state index contributed by atoms with van der Waals surface area (Å²) >= 11 is 1.28. The van der Waals surface area contributed by atoms with E-state index in [0.29, 0.717) is 11.7 Å². The molecule has 1 aromatic carbocycles. The summed E-state index contributed by atoms with van der Waals surface area (Å²) in [6.45, 7) is 1.23. The Kier molecular flexibility index (Phi) is 5.17. The number of primary amides is 1. The Bertz CT molecular complexity index is 692. The summed E-state index contributed by atoms with van der Waals surface area (Å²) in [5, 5.41) is 10.8. The summed E-state index contributed by atoms with van der Waals surface area (Å²) in [7, 11) is 0. The van der Waals surface area contributed by atoms with Gasteiger partial charge in [0, 0.05) is 6.54 Å². The number of nitrogens with two attached hydrogens (primary N) is 1. The molecule has 126 valence electrons. The lowest BCUT2D eigenvalue weighted by molar-refractivity contribution is -0.127. The van der Waals surface area contributed by atoms with Gasteiger partial charge in [-0.15, -0.1) is 10.2 Å². The van der Waals surface area contributed by atoms with Crippen LogP contribution in [0.2, 0.25) is 0 Å². The molecule has 2 heterocycles. The fourth-order valence-corrected chi connectivity index (χ4v) is 3.53. The second-order valence-corrected chi connectivity index (χ2v) is 6.62. The first-order valence-corrected chi connectivity index (χ1v) is 8.68. The normalized spacial score (nSPS) is 19.6. The van der Waals surface area contributed by atoms with E-state index in [0.717, 1.165) is 24.9 Å². The number of amides is 2. The molecule has 8 heteroatoms. The van der Waals surface area contributed by atoms with Crippen molar-refractivity contribution in [3.8, 4) is 0 Å². The minimum atomic E-state index is -0.511. The highest BCUT2D eigenvalue weighted by Gasteiger charge is 2.33. The van der Waals surface area contributed by atoms with Crippen LogP contribution >= 0.6 is 11.3 Å². The lowest BCUT2D eigenvalue weighted by Gasteiger charge is -2.36. The van der Waals surface area contributed by atoms with E-state index in [1.165, 1.54) is 11.3 Å². The molecule has 1 saturated heterocycles. The molecule has 2 atom stereocenters. The van der Waals surface area contributed by atoms with Crippen LogP contribution in [0, 0.1) is 5.92 Å². The van der Waals surface area contributed by atoms with Crippen molar-refractivity contribution in [3.63, 3.8) is 0 Å². The SMILES string of the molecule is NC(=O)[C@H](c1ccccc1)N1CCC[C@H](C(=O)Nc2nncs2)C1. The van der Waals surface area contributed by atoms with Gasteiger partial charge in [0.15, 0.2) is 0 Å². The van der Waals surface area contributed by atoms with Gasteiger partial charge >= 0.3 is 0 Å². The number of hydrogen-bond donors (Lipinski definition) is 2. The van der Waals surface area contributed by atoms with Crippen LogP contribution in [0.3, 0.4) is 0 Å². The Morgan fingerprint density at radius 1 is 1.33 bits per heavy atom. The van der Waals surface area contributed by atoms with Crippen molar-refractivity contribution in [2.24, 2.45) is 11.7 Å². The molecule has 0 saturated carbocycles. The van der Waals surface area contributed by atoms with Gasteiger partial charge in [-0.2, -0.15) is 0 Å². The first kappa shape index (κ1) is 16.5. The minimum Gasteiger partial charge on any atom is -0.368 e. The number of likely N-dealkylation sites (tertiary alicyclic amines) is 1. The number of rotatable bonds is 5. The number of piperidine rings is 1. The van der Waals surface area contributed by atoms with Gasteiger partial charge in [0.05, 0.1) is 5.92 Å². The Hall–Kier alpha value is -2.32. The van der Waals surface area contributed by atoms with Crippen LogP contribution in [0.5, 0.6) is 0 Å². The van der Waals surface area contributed by atoms with Gasteiger partial charge in [0.1, 0.15) is 11.6 Å². The molecule has 2 aromatic rings. The molecule has 1 aliphatic rings. The molecule has 24 heavy (non-hydrogen) atoms. The fraction of sp³-hybridized carbons (Fsp3) is 0.375. The average molecular weight is 345 g/mol. The third kappa shape index (κ3) is 3.77. The van der Waals surface area contributed by atoms with Crippen molar-refractivity contribution >= 4 is 28.3 Å². The molecule has 1 aromatic heterocycles. The summed E-state index contributed by atoms with van der Waals surface area (Å²) in [5.41, 5.74) is 8.06. The Morgan fingerprint density at radius 3 is 2.79 bits per heavy atom. The van der Waals surface area contributed by atoms with E-state index < -0.39 is 11.9 Å². The maximum absolute atomic E-state index is 12.4. The Morgan fingerprint density at radius 2 is 2.12 bits per heavy atom. The summed E-state index contributed by atoms with van der Waals surface area (Å²) in [5.74, 6) is -0.688. The fourth-order valence-electron chi connectivity index (χ4n) is 3.08. The zero-order valence-corrected chi connectivity index (χ0v) is 13.9. The molecule has 2 amide bonds. The highest BCUT2D eigenvalue weighted by molar-refractivity contribution is 7.13. The van der Waals surface area contributed by atoms with Crippen molar-refractivity contribution in [3.05, 3.63) is 41.4 Å². The molecular formula is C16H19N5O2S. The third-order valence-corrected chi connectivity index (χ3v) is 4.77. The number of aromatic nitrogens is 2. The van der Waals surface area contributed by atoms with Crippen LogP contribution in [-0.4, -0.2) is 40.0 Å². The van der Waals surface area contributed by atoms with Crippen LogP contribution < -0.4 is 11.1 Å². The average Bonchev–Trinajstić information content (AvgIpc) is 3.09. The second kappa shape index (κ2) is 7.50. The Labute approximate surface area is 143 Å². The highest BCUT2D eigenvalue weighted by atomic mass is 32.1. The summed E-state index contributed by atoms with van der Waals surface area (Å²) in [4.78, 5) is 26.4. The van der Waals surface area contributed by atoms with Gasteiger partial charge in [-0.1, -0.05) is 41.7 Å². The maximum Gasteiger partial charge on any atom is 0.239 e. The zero-order chi connectivity index (χ0) is 16.9. The van der Waals surface area contributed by atoms with Gasteiger partial charge in [-0.25, -0.2) is 0 Å². The smallest absolute Gasteiger partial charge is 0.239 e. The van der Waals surface area contributed by atoms with Crippen molar-refractivity contribution in [2.75, 3.05) is 18.4 Å². The third-order valence-electron chi connectivity index (χ3n) is 4.16. The van der Waals surface area contributed by atoms with Crippen LogP contribution in [-0.2, 0) is 9.59 Å². The molecule has 0 aliphatic carbocycles. The standard InChI is InChI=1S/C16H19N5O2S/c17-14(22)13(11-5-2-1-3-6-11)21-8-4-7-12(9-21)15(23)19-16-20-18-10-24-16/h1-3,5-6,10,12-13H,4,7-9H2,(H2,17,22)(H,19,20,23)/t12-,13-/m0/s1. The second-order valence-electron chi connectivity index (χ2n) is 5.78. The largest absolute Gasteiger partial charge is 0.368 e. The van der Waals surface area contributed by atoms with E-state index in [1.807, 2.05) is 35.2 Å². The van der Waals surface area contributed by atoms with E-state index in [-0.39, 0.29) is 11.8 Å². The predicted octanol–water partition coefficient (Wildman–Crippen LogP) is 1.42. The molecule has 0 unspecified atom stereocenters. The summed E-state index contributed by atoms with van der Waals surface area (Å²) < 4.78 is 0. The molecule has 3 N–H and O–H groups in total. The molecule has 0 spiro atoms. The lowest BCUT2D eigenvalue weighted by atomic mass is 9.94. The van der Waals surface area contributed by atoms with Crippen LogP contribution in [0.15, 0.2) is 35.8 Å². The van der Waals surface area contributed by atoms with Gasteiger partial charge in [0.25, 0.3) is 0 Å². The van der Waals surface area contributed by atoms with Crippen molar-refractivity contribution in [2.45, 2.75) is 18.9 Å². The number of benzene rings is 1. The van der Waals surface area contributed by atoms with E-state index >= 15 is 0 Å². The number of hydrogen-bond acceptors (Lipinski definition) is 6. The quantitative estimate of drug-likeness (QED) is 0.853. The monoisotopic (exact) mass is 345 g/mol. The van der Waals surface area contributed by atoms with Gasteiger partial charge < -0.3 is 11.1 Å². The van der Waals surface area contributed by atoms with E-state index in [1.54, 1.807) is 5.51 Å². The van der Waals surface area contributed by atoms with E-state index in [4.69, 9.17) is 5.73 Å². The number of nitrogens with one attached hydrogen (secondary N) is 1. The van der Waals surface area contributed by atoms with Gasteiger partial charge in [-0.05, 0) is 24.9 Å². The van der Waals surface area contributed by atoms with Crippen LogP contribution in [0.4, 0.5) is 5.13 Å². The maximum atomic E-state index is 12.4. The molecule has 7 nitrogen and oxygen atoms in total. The molecule has 0 bridgehead atoms. The highest BCUT2D eigenvalue weighted by Crippen LogP contribution is 2.27. The predicted molar refractivity (Wildman–Crippen MR) is 91.2 cm³/mol. The van der Waals surface area contributed by atoms with Gasteiger partial charge in [0.2, 0.25) is 16.9 Å². The van der Waals surface area contributed by atoms with E-state index in [2.05, 4.69) is 15.5 Å². The van der Waals surface area contributed by atoms with Crippen molar-refractivity contribution in [1.82, 2.24) is 15.1 Å². The minimum absolute atomic E-state index is 0.0901. The molecule has 3 rings (SSSR count). The Balaban J connectivity index is 1.71. The van der Waals surface area contributed by atoms with Crippen LogP contribution in [0.1, 0.15) is 24.4 Å². The number of anilines is 1. The van der Waals surface area contributed by atoms with E-state index in [9.17, 15) is 9.59 Å². The first-order valence-electron chi connectivity index (χ1n) is 7.80. The number of carbonyl (C=O) groups is 2. The molecule has 1 aliphatic heterocycles. The number of nitrogens with zero attached hydrogens (tertiary/aromatic N) is 3. The molecular weight excluding hydrogens is 326 g/mol. The number of carbonyl (C=O) groups excluding carboxylic acids is 2. The molecule has 0 radical (unpaired) electrons. The first-order chi connectivity index (χ1) is 11.6. The van der Waals surface area contributed by atoms with Crippen molar-refractivity contribution < 1.29 is 9.59 Å². The zero-order valence-electron chi connectivity index (χ0n) is 13.1. The summed E-state index contributed by atoms with van der Waals surface area (Å²) in [6, 6.07) is 8.93.